The van der Waals surface area contributed by atoms with Crippen LogP contribution < -0.4 is 0 Å². The van der Waals surface area contributed by atoms with Crippen LogP contribution in [0.2, 0.25) is 0 Å². The molecular formula is C51H31N5O. The van der Waals surface area contributed by atoms with E-state index in [1.165, 1.54) is 0 Å². The fraction of sp³-hybridized carbons (Fsp3) is 0. The first-order chi connectivity index (χ1) is 32.4. The molecule has 0 aliphatic carbocycles. The fourth-order valence-corrected chi connectivity index (χ4v) is 7.88. The van der Waals surface area contributed by atoms with Crippen molar-refractivity contribution in [1.82, 2.24) is 24.1 Å². The molecular weight excluding hydrogens is 699 g/mol. The second-order valence-electron chi connectivity index (χ2n) is 13.7. The number of hydrogen-bond donors (Lipinski definition) is 0. The van der Waals surface area contributed by atoms with E-state index in [4.69, 9.17) is 26.2 Å². The maximum Gasteiger partial charge on any atom is 0.164 e. The number of fused-ring (bicyclic) bond motifs is 10. The molecule has 4 heterocycles. The first-order valence-corrected chi connectivity index (χ1v) is 18.3. The molecule has 0 spiro atoms. The zero-order chi connectivity index (χ0) is 46.2. The van der Waals surface area contributed by atoms with Gasteiger partial charge in [0.2, 0.25) is 0 Å². The summed E-state index contributed by atoms with van der Waals surface area (Å²) >= 11 is 0. The van der Waals surface area contributed by atoms with Gasteiger partial charge in [-0.2, -0.15) is 0 Å². The van der Waals surface area contributed by atoms with E-state index in [0.29, 0.717) is 56.3 Å². The van der Waals surface area contributed by atoms with Crippen molar-refractivity contribution >= 4 is 65.6 Å². The van der Waals surface area contributed by atoms with Gasteiger partial charge in [-0.1, -0.05) is 127 Å². The number of nitrogens with zero attached hydrogens (tertiary/aromatic N) is 5. The first kappa shape index (κ1) is 23.2. The molecule has 12 aromatic rings. The summed E-state index contributed by atoms with van der Waals surface area (Å²) in [7, 11) is 0. The van der Waals surface area contributed by atoms with Crippen LogP contribution in [0.3, 0.4) is 0 Å². The van der Waals surface area contributed by atoms with Crippen LogP contribution in [0.4, 0.5) is 0 Å². The Morgan fingerprint density at radius 1 is 0.386 bits per heavy atom. The molecule has 0 aliphatic rings. The summed E-state index contributed by atoms with van der Waals surface area (Å²) in [5, 5.41) is 1.53. The Balaban J connectivity index is 1.20. The molecule has 4 aromatic heterocycles. The third kappa shape index (κ3) is 4.87. The lowest BCUT2D eigenvalue weighted by Gasteiger charge is -2.12. The van der Waals surface area contributed by atoms with Gasteiger partial charge in [0.25, 0.3) is 0 Å². The topological polar surface area (TPSA) is 61.7 Å². The molecule has 0 fully saturated rings. The van der Waals surface area contributed by atoms with E-state index in [1.54, 1.807) is 45.5 Å². The minimum absolute atomic E-state index is 0.0172. The summed E-state index contributed by atoms with van der Waals surface area (Å²) in [6.45, 7) is 0. The quantitative estimate of drug-likeness (QED) is 0.176. The molecule has 6 heteroatoms. The Kier molecular flexibility index (Phi) is 5.02. The number of para-hydroxylation sites is 3. The Bertz CT molecular complexity index is 4040. The maximum atomic E-state index is 9.60. The Hall–Kier alpha value is -7.83. The lowest BCUT2D eigenvalue weighted by molar-refractivity contribution is 0.669. The molecule has 8 aromatic carbocycles. The molecule has 0 amide bonds. The van der Waals surface area contributed by atoms with Gasteiger partial charge in [-0.05, 0) is 60.6 Å². The second kappa shape index (κ2) is 12.3. The molecule has 0 aliphatic heterocycles. The summed E-state index contributed by atoms with van der Waals surface area (Å²) < 4.78 is 101. The van der Waals surface area contributed by atoms with Crippen molar-refractivity contribution in [3.8, 4) is 45.5 Å². The van der Waals surface area contributed by atoms with Gasteiger partial charge in [0.05, 0.1) is 35.8 Å². The summed E-state index contributed by atoms with van der Waals surface area (Å²) in [6, 6.07) is 35.0. The Morgan fingerprint density at radius 2 is 0.860 bits per heavy atom. The molecule has 266 valence electrons. The SMILES string of the molecule is [2H]c1c([2H])c([2H])c2c(c1[2H])c1c([2H])c([2H])c3c4c([2H])c([2H])c([2H])c([2H])c4n(-c4ccc5oc6ccc(-c7nc(-c8ccccc8)nc(-c8ccccc8)n7)cc6c5c4)c3c1n2-c1ccccc1. The van der Waals surface area contributed by atoms with Crippen LogP contribution in [0.1, 0.15) is 13.7 Å². The molecule has 0 bridgehead atoms. The van der Waals surface area contributed by atoms with Crippen LogP contribution >= 0.6 is 0 Å². The van der Waals surface area contributed by atoms with E-state index >= 15 is 0 Å². The van der Waals surface area contributed by atoms with Crippen molar-refractivity contribution in [2.24, 2.45) is 0 Å². The van der Waals surface area contributed by atoms with Crippen molar-refractivity contribution in [3.63, 3.8) is 0 Å². The number of rotatable bonds is 5. The molecule has 0 saturated carbocycles. The minimum atomic E-state index is -0.515. The van der Waals surface area contributed by atoms with Crippen LogP contribution in [0.15, 0.2) is 192 Å². The van der Waals surface area contributed by atoms with Gasteiger partial charge < -0.3 is 13.6 Å². The predicted octanol–water partition coefficient (Wildman–Crippen LogP) is 13.0. The van der Waals surface area contributed by atoms with E-state index in [0.717, 1.165) is 11.1 Å². The summed E-state index contributed by atoms with van der Waals surface area (Å²) in [5.41, 5.74) is 4.89. The van der Waals surface area contributed by atoms with Gasteiger partial charge in [0, 0.05) is 60.4 Å². The molecule has 12 rings (SSSR count). The highest BCUT2D eigenvalue weighted by atomic mass is 16.3. The molecule has 57 heavy (non-hydrogen) atoms. The van der Waals surface area contributed by atoms with Crippen LogP contribution in [-0.4, -0.2) is 24.1 Å². The zero-order valence-electron chi connectivity index (χ0n) is 39.8. The number of benzene rings is 8. The Morgan fingerprint density at radius 3 is 1.44 bits per heavy atom. The van der Waals surface area contributed by atoms with Gasteiger partial charge >= 0.3 is 0 Å². The number of aromatic nitrogens is 5. The number of furan rings is 1. The van der Waals surface area contributed by atoms with Gasteiger partial charge in [-0.25, -0.2) is 15.0 Å². The third-order valence-electron chi connectivity index (χ3n) is 10.4. The van der Waals surface area contributed by atoms with Crippen molar-refractivity contribution in [1.29, 1.82) is 0 Å². The normalized spacial score (nSPS) is 14.3. The van der Waals surface area contributed by atoms with Crippen LogP contribution in [-0.2, 0) is 0 Å². The van der Waals surface area contributed by atoms with E-state index in [2.05, 4.69) is 0 Å². The van der Waals surface area contributed by atoms with E-state index in [-0.39, 0.29) is 73.8 Å². The highest BCUT2D eigenvalue weighted by molar-refractivity contribution is 6.24. The molecule has 0 radical (unpaired) electrons. The smallest absolute Gasteiger partial charge is 0.164 e. The monoisotopic (exact) mass is 739 g/mol. The molecule has 6 nitrogen and oxygen atoms in total. The van der Waals surface area contributed by atoms with Crippen molar-refractivity contribution in [2.45, 2.75) is 0 Å². The predicted molar refractivity (Wildman–Crippen MR) is 232 cm³/mol. The molecule has 0 atom stereocenters. The van der Waals surface area contributed by atoms with E-state index in [9.17, 15) is 6.85 Å². The maximum absolute atomic E-state index is 9.60. The summed E-state index contributed by atoms with van der Waals surface area (Å²) in [4.78, 5) is 14.7. The van der Waals surface area contributed by atoms with Crippen molar-refractivity contribution in [2.75, 3.05) is 0 Å². The standard InChI is InChI=1S/C51H31N5O/c1-4-14-32(15-5-1)49-52-50(33-16-6-2-7-17-33)54-51(53-49)34-24-28-45-41(30-34)42-31-36(25-29-46(42)57-45)56-44-23-13-11-21-38(44)40-27-26-39-37-20-10-12-22-43(37)55(47(39)48(40)56)35-18-8-3-9-19-35/h1-31H/i10D,11D,12D,13D,20D,21D,22D,23D,26D,27D. The average molecular weight is 740 g/mol. The highest BCUT2D eigenvalue weighted by Gasteiger charge is 2.22. The molecule has 0 saturated heterocycles. The number of hydrogen-bond acceptors (Lipinski definition) is 4. The summed E-state index contributed by atoms with van der Waals surface area (Å²) in [5.74, 6) is 1.42. The van der Waals surface area contributed by atoms with Crippen molar-refractivity contribution < 1.29 is 18.1 Å². The van der Waals surface area contributed by atoms with Gasteiger partial charge in [-0.15, -0.1) is 0 Å². The minimum Gasteiger partial charge on any atom is -0.456 e. The fourth-order valence-electron chi connectivity index (χ4n) is 7.88. The first-order valence-electron chi connectivity index (χ1n) is 23.3. The van der Waals surface area contributed by atoms with Crippen LogP contribution in [0.25, 0.3) is 111 Å². The van der Waals surface area contributed by atoms with Crippen LogP contribution in [0.5, 0.6) is 0 Å². The van der Waals surface area contributed by atoms with Crippen LogP contribution in [0, 0.1) is 0 Å². The Labute approximate surface area is 340 Å². The lowest BCUT2D eigenvalue weighted by Crippen LogP contribution is -2.00. The highest BCUT2D eigenvalue weighted by Crippen LogP contribution is 2.42. The summed E-state index contributed by atoms with van der Waals surface area (Å²) in [6.07, 6.45) is 0. The van der Waals surface area contributed by atoms with Gasteiger partial charge in [0.15, 0.2) is 17.5 Å². The van der Waals surface area contributed by atoms with Gasteiger partial charge in [-0.3, -0.25) is 0 Å². The lowest BCUT2D eigenvalue weighted by atomic mass is 10.1. The van der Waals surface area contributed by atoms with E-state index < -0.39 is 30.2 Å². The molecule has 0 unspecified atom stereocenters. The molecule has 0 N–H and O–H groups in total. The largest absolute Gasteiger partial charge is 0.456 e. The van der Waals surface area contributed by atoms with Crippen molar-refractivity contribution in [3.05, 3.63) is 188 Å². The van der Waals surface area contributed by atoms with Gasteiger partial charge in [0.1, 0.15) is 11.2 Å². The van der Waals surface area contributed by atoms with E-state index in [1.807, 2.05) is 91.0 Å². The second-order valence-corrected chi connectivity index (χ2v) is 13.7. The zero-order valence-corrected chi connectivity index (χ0v) is 29.8. The average Bonchev–Trinajstić information content (AvgIpc) is 4.04. The third-order valence-corrected chi connectivity index (χ3v) is 10.4.